The summed E-state index contributed by atoms with van der Waals surface area (Å²) in [6, 6.07) is 0.829. The van der Waals surface area contributed by atoms with E-state index < -0.39 is 0 Å². The molecule has 60 valence electrons. The Labute approximate surface area is 64.2 Å². The predicted molar refractivity (Wildman–Crippen MR) is 45.1 cm³/mol. The van der Waals surface area contributed by atoms with Gasteiger partial charge >= 0.3 is 0 Å². The number of rotatable bonds is 3. The van der Waals surface area contributed by atoms with Gasteiger partial charge < -0.3 is 5.32 Å². The average molecular weight is 141 g/mol. The van der Waals surface area contributed by atoms with Crippen LogP contribution in [-0.4, -0.2) is 11.6 Å². The molecule has 0 radical (unpaired) electrons. The molecule has 0 heterocycles. The molecule has 1 heteroatoms. The molecular weight excluding hydrogens is 122 g/mol. The molecule has 10 heavy (non-hydrogen) atoms. The molecule has 0 aromatic carbocycles. The number of hydrogen-bond donors (Lipinski definition) is 1. The van der Waals surface area contributed by atoms with Gasteiger partial charge in [-0.05, 0) is 33.1 Å². The van der Waals surface area contributed by atoms with Crippen LogP contribution in [0.5, 0.6) is 0 Å². The maximum atomic E-state index is 3.64. The molecule has 0 unspecified atom stereocenters. The maximum Gasteiger partial charge on any atom is 0.0125 e. The van der Waals surface area contributed by atoms with Crippen LogP contribution in [0.25, 0.3) is 0 Å². The second kappa shape index (κ2) is 2.91. The van der Waals surface area contributed by atoms with Gasteiger partial charge in [0.1, 0.15) is 0 Å². The van der Waals surface area contributed by atoms with Crippen molar-refractivity contribution in [1.82, 2.24) is 5.32 Å². The highest BCUT2D eigenvalue weighted by atomic mass is 15.0. The van der Waals surface area contributed by atoms with Crippen molar-refractivity contribution in [2.24, 2.45) is 0 Å². The SMILES string of the molecule is CCC(C)(C)NC1CCC1. The summed E-state index contributed by atoms with van der Waals surface area (Å²) < 4.78 is 0. The molecule has 1 N–H and O–H groups in total. The minimum absolute atomic E-state index is 0.366. The Morgan fingerprint density at radius 1 is 1.40 bits per heavy atom. The van der Waals surface area contributed by atoms with Crippen molar-refractivity contribution in [3.63, 3.8) is 0 Å². The van der Waals surface area contributed by atoms with Crippen LogP contribution < -0.4 is 5.32 Å². The fourth-order valence-electron chi connectivity index (χ4n) is 1.21. The van der Waals surface area contributed by atoms with Crippen molar-refractivity contribution in [2.45, 2.75) is 58.0 Å². The molecule has 1 nitrogen and oxygen atoms in total. The molecule has 1 aliphatic carbocycles. The predicted octanol–water partition coefficient (Wildman–Crippen LogP) is 2.32. The van der Waals surface area contributed by atoms with Gasteiger partial charge in [0, 0.05) is 11.6 Å². The van der Waals surface area contributed by atoms with Crippen LogP contribution in [-0.2, 0) is 0 Å². The highest BCUT2D eigenvalue weighted by Crippen LogP contribution is 2.21. The zero-order valence-corrected chi connectivity index (χ0v) is 7.41. The first-order valence-electron chi connectivity index (χ1n) is 4.42. The van der Waals surface area contributed by atoms with Gasteiger partial charge in [0.25, 0.3) is 0 Å². The van der Waals surface area contributed by atoms with Gasteiger partial charge in [-0.3, -0.25) is 0 Å². The first kappa shape index (κ1) is 8.06. The molecule has 0 aliphatic heterocycles. The quantitative estimate of drug-likeness (QED) is 0.636. The molecule has 0 aromatic heterocycles. The lowest BCUT2D eigenvalue weighted by molar-refractivity contribution is 0.247. The van der Waals surface area contributed by atoms with Gasteiger partial charge in [0.2, 0.25) is 0 Å². The normalized spacial score (nSPS) is 20.7. The van der Waals surface area contributed by atoms with Gasteiger partial charge in [0.05, 0.1) is 0 Å². The van der Waals surface area contributed by atoms with Gasteiger partial charge in [-0.2, -0.15) is 0 Å². The van der Waals surface area contributed by atoms with Crippen LogP contribution in [0.3, 0.4) is 0 Å². The van der Waals surface area contributed by atoms with Crippen molar-refractivity contribution < 1.29 is 0 Å². The van der Waals surface area contributed by atoms with Crippen LogP contribution in [0, 0.1) is 0 Å². The van der Waals surface area contributed by atoms with E-state index in [9.17, 15) is 0 Å². The molecule has 1 fully saturated rings. The van der Waals surface area contributed by atoms with Crippen LogP contribution in [0.1, 0.15) is 46.5 Å². The van der Waals surface area contributed by atoms with Gasteiger partial charge in [-0.1, -0.05) is 13.3 Å². The van der Waals surface area contributed by atoms with Crippen LogP contribution in [0.15, 0.2) is 0 Å². The lowest BCUT2D eigenvalue weighted by Crippen LogP contribution is -2.48. The molecular formula is C9H19N. The van der Waals surface area contributed by atoms with E-state index >= 15 is 0 Å². The fourth-order valence-corrected chi connectivity index (χ4v) is 1.21. The molecule has 0 bridgehead atoms. The third-order valence-electron chi connectivity index (χ3n) is 2.58. The lowest BCUT2D eigenvalue weighted by atomic mass is 9.89. The third-order valence-corrected chi connectivity index (χ3v) is 2.58. The van der Waals surface area contributed by atoms with Gasteiger partial charge in [-0.15, -0.1) is 0 Å². The summed E-state index contributed by atoms with van der Waals surface area (Å²) in [7, 11) is 0. The Morgan fingerprint density at radius 3 is 2.30 bits per heavy atom. The minimum atomic E-state index is 0.366. The first-order chi connectivity index (χ1) is 4.64. The molecule has 0 aromatic rings. The minimum Gasteiger partial charge on any atom is -0.309 e. The summed E-state index contributed by atoms with van der Waals surface area (Å²) in [6.07, 6.45) is 5.44. The molecule has 1 aliphatic rings. The van der Waals surface area contributed by atoms with E-state index in [4.69, 9.17) is 0 Å². The van der Waals surface area contributed by atoms with E-state index in [1.54, 1.807) is 0 Å². The highest BCUT2D eigenvalue weighted by Gasteiger charge is 2.24. The van der Waals surface area contributed by atoms with E-state index in [-0.39, 0.29) is 0 Å². The van der Waals surface area contributed by atoms with Crippen LogP contribution >= 0.6 is 0 Å². The van der Waals surface area contributed by atoms with Crippen molar-refractivity contribution in [3.05, 3.63) is 0 Å². The topological polar surface area (TPSA) is 12.0 Å². The summed E-state index contributed by atoms with van der Waals surface area (Å²) in [4.78, 5) is 0. The molecule has 0 amide bonds. The van der Waals surface area contributed by atoms with Crippen molar-refractivity contribution in [3.8, 4) is 0 Å². The average Bonchev–Trinajstić information content (AvgIpc) is 1.80. The Morgan fingerprint density at radius 2 is 2.00 bits per heavy atom. The highest BCUT2D eigenvalue weighted by molar-refractivity contribution is 4.85. The Bertz CT molecular complexity index is 103. The van der Waals surface area contributed by atoms with Gasteiger partial charge in [0.15, 0.2) is 0 Å². The second-order valence-electron chi connectivity index (χ2n) is 4.01. The van der Waals surface area contributed by atoms with E-state index in [2.05, 4.69) is 26.1 Å². The zero-order valence-electron chi connectivity index (χ0n) is 7.41. The van der Waals surface area contributed by atoms with Crippen LogP contribution in [0.4, 0.5) is 0 Å². The molecule has 0 spiro atoms. The van der Waals surface area contributed by atoms with E-state index in [0.29, 0.717) is 5.54 Å². The monoisotopic (exact) mass is 141 g/mol. The smallest absolute Gasteiger partial charge is 0.0125 e. The van der Waals surface area contributed by atoms with E-state index in [1.165, 1.54) is 25.7 Å². The van der Waals surface area contributed by atoms with Crippen molar-refractivity contribution >= 4 is 0 Å². The number of nitrogens with one attached hydrogen (secondary N) is 1. The Hall–Kier alpha value is -0.0400. The van der Waals surface area contributed by atoms with E-state index in [0.717, 1.165) is 6.04 Å². The fraction of sp³-hybridized carbons (Fsp3) is 1.00. The van der Waals surface area contributed by atoms with Crippen molar-refractivity contribution in [2.75, 3.05) is 0 Å². The van der Waals surface area contributed by atoms with Gasteiger partial charge in [-0.25, -0.2) is 0 Å². The van der Waals surface area contributed by atoms with E-state index in [1.807, 2.05) is 0 Å². The molecule has 0 saturated heterocycles. The number of hydrogen-bond acceptors (Lipinski definition) is 1. The summed E-state index contributed by atoms with van der Waals surface area (Å²) in [5.74, 6) is 0. The summed E-state index contributed by atoms with van der Waals surface area (Å²) >= 11 is 0. The molecule has 1 rings (SSSR count). The summed E-state index contributed by atoms with van der Waals surface area (Å²) in [5, 5.41) is 3.64. The van der Waals surface area contributed by atoms with Crippen LogP contribution in [0.2, 0.25) is 0 Å². The maximum absolute atomic E-state index is 3.64. The zero-order chi connectivity index (χ0) is 7.61. The standard InChI is InChI=1S/C9H19N/c1-4-9(2,3)10-8-6-5-7-8/h8,10H,4-7H2,1-3H3. The first-order valence-corrected chi connectivity index (χ1v) is 4.42. The molecule has 0 atom stereocenters. The lowest BCUT2D eigenvalue weighted by Gasteiger charge is -2.35. The van der Waals surface area contributed by atoms with Crippen molar-refractivity contribution in [1.29, 1.82) is 0 Å². The Balaban J connectivity index is 2.21. The summed E-state index contributed by atoms with van der Waals surface area (Å²) in [6.45, 7) is 6.81. The second-order valence-corrected chi connectivity index (χ2v) is 4.01. The summed E-state index contributed by atoms with van der Waals surface area (Å²) in [5.41, 5.74) is 0.366. The molecule has 1 saturated carbocycles. The Kier molecular flexibility index (Phi) is 2.35. The largest absolute Gasteiger partial charge is 0.309 e. The third kappa shape index (κ3) is 1.98.